The Morgan fingerprint density at radius 3 is 2.68 bits per heavy atom. The van der Waals surface area contributed by atoms with Crippen LogP contribution in [0.25, 0.3) is 0 Å². The molecule has 1 aliphatic rings. The number of amides is 2. The average molecular weight is 340 g/mol. The second kappa shape index (κ2) is 8.01. The summed E-state index contributed by atoms with van der Waals surface area (Å²) in [6.07, 6.45) is 3.27. The van der Waals surface area contributed by atoms with E-state index in [9.17, 15) is 9.59 Å². The van der Waals surface area contributed by atoms with E-state index < -0.39 is 0 Å². The molecule has 0 aliphatic carbocycles. The van der Waals surface area contributed by atoms with Crippen LogP contribution < -0.4 is 5.32 Å². The smallest absolute Gasteiger partial charge is 0.254 e. The first-order valence-corrected chi connectivity index (χ1v) is 8.84. The third kappa shape index (κ3) is 4.29. The average Bonchev–Trinajstić information content (AvgIpc) is 3.07. The van der Waals surface area contributed by atoms with Gasteiger partial charge >= 0.3 is 0 Å². The van der Waals surface area contributed by atoms with Crippen molar-refractivity contribution in [3.05, 3.63) is 59.5 Å². The Kier molecular flexibility index (Phi) is 5.53. The molecule has 0 bridgehead atoms. The van der Waals surface area contributed by atoms with Gasteiger partial charge in [-0.05, 0) is 50.5 Å². The Morgan fingerprint density at radius 1 is 1.16 bits per heavy atom. The maximum atomic E-state index is 12.7. The summed E-state index contributed by atoms with van der Waals surface area (Å²) >= 11 is 0. The number of hydrogen-bond donors (Lipinski definition) is 1. The second-order valence-electron chi connectivity index (χ2n) is 6.43. The predicted molar refractivity (Wildman–Crippen MR) is 95.3 cm³/mol. The lowest BCUT2D eigenvalue weighted by Gasteiger charge is -2.34. The molecule has 1 aromatic carbocycles. The minimum atomic E-state index is -0.389. The normalized spacial score (nSPS) is 17.3. The third-order valence-corrected chi connectivity index (χ3v) is 4.55. The zero-order valence-electron chi connectivity index (χ0n) is 14.5. The number of aryl methyl sites for hydroxylation is 1. The molecule has 1 aromatic heterocycles. The molecular formula is C20H24N2O3. The summed E-state index contributed by atoms with van der Waals surface area (Å²) in [5, 5.41) is 2.95. The molecule has 1 saturated heterocycles. The Morgan fingerprint density at radius 2 is 1.96 bits per heavy atom. The van der Waals surface area contributed by atoms with Gasteiger partial charge in [0, 0.05) is 25.1 Å². The number of nitrogens with zero attached hydrogens (tertiary/aromatic N) is 1. The van der Waals surface area contributed by atoms with Crippen LogP contribution in [0.15, 0.2) is 46.9 Å². The van der Waals surface area contributed by atoms with Crippen molar-refractivity contribution in [2.24, 2.45) is 0 Å². The Bertz CT molecular complexity index is 724. The molecule has 2 aromatic rings. The Hall–Kier alpha value is -2.56. The summed E-state index contributed by atoms with van der Waals surface area (Å²) in [6.45, 7) is 3.04. The highest BCUT2D eigenvalue weighted by Gasteiger charge is 2.32. The first-order chi connectivity index (χ1) is 12.1. The second-order valence-corrected chi connectivity index (χ2v) is 6.43. The number of nitrogens with one attached hydrogen (secondary N) is 1. The van der Waals surface area contributed by atoms with Gasteiger partial charge in [0.2, 0.25) is 5.91 Å². The molecule has 5 heteroatoms. The number of carbonyl (C=O) groups is 2. The van der Waals surface area contributed by atoms with Gasteiger partial charge in [0.25, 0.3) is 5.91 Å². The largest absolute Gasteiger partial charge is 0.466 e. The summed E-state index contributed by atoms with van der Waals surface area (Å²) in [4.78, 5) is 27.1. The van der Waals surface area contributed by atoms with Crippen LogP contribution in [0.2, 0.25) is 0 Å². The number of hydrogen-bond acceptors (Lipinski definition) is 3. The molecule has 2 amide bonds. The molecule has 5 nitrogen and oxygen atoms in total. The fraction of sp³-hybridized carbons (Fsp3) is 0.400. The van der Waals surface area contributed by atoms with Crippen molar-refractivity contribution in [1.82, 2.24) is 10.2 Å². The maximum absolute atomic E-state index is 12.7. The van der Waals surface area contributed by atoms with Crippen LogP contribution in [0.1, 0.15) is 41.1 Å². The summed E-state index contributed by atoms with van der Waals surface area (Å²) in [6, 6.07) is 12.6. The van der Waals surface area contributed by atoms with Crippen molar-refractivity contribution >= 4 is 11.8 Å². The zero-order valence-corrected chi connectivity index (χ0v) is 14.5. The number of likely N-dealkylation sites (tertiary alicyclic amines) is 1. The van der Waals surface area contributed by atoms with Crippen LogP contribution in [0.4, 0.5) is 0 Å². The van der Waals surface area contributed by atoms with Crippen molar-refractivity contribution in [3.8, 4) is 0 Å². The minimum absolute atomic E-state index is 0.0675. The van der Waals surface area contributed by atoms with Gasteiger partial charge < -0.3 is 14.6 Å². The van der Waals surface area contributed by atoms with E-state index in [-0.39, 0.29) is 17.9 Å². The molecule has 0 radical (unpaired) electrons. The lowest BCUT2D eigenvalue weighted by Crippen LogP contribution is -2.52. The van der Waals surface area contributed by atoms with Crippen molar-refractivity contribution in [1.29, 1.82) is 0 Å². The van der Waals surface area contributed by atoms with E-state index in [2.05, 4.69) is 5.32 Å². The van der Waals surface area contributed by atoms with Crippen LogP contribution in [0.5, 0.6) is 0 Å². The van der Waals surface area contributed by atoms with E-state index in [0.717, 1.165) is 24.4 Å². The fourth-order valence-electron chi connectivity index (χ4n) is 3.24. The van der Waals surface area contributed by atoms with E-state index in [0.29, 0.717) is 31.5 Å². The lowest BCUT2D eigenvalue weighted by molar-refractivity contribution is -0.126. The Balaban J connectivity index is 1.60. The quantitative estimate of drug-likeness (QED) is 0.910. The van der Waals surface area contributed by atoms with Crippen LogP contribution in [0, 0.1) is 6.92 Å². The molecule has 1 N–H and O–H groups in total. The molecule has 0 saturated carbocycles. The van der Waals surface area contributed by atoms with Crippen molar-refractivity contribution < 1.29 is 14.0 Å². The molecule has 0 unspecified atom stereocenters. The summed E-state index contributed by atoms with van der Waals surface area (Å²) < 4.78 is 5.51. The number of furan rings is 1. The van der Waals surface area contributed by atoms with Gasteiger partial charge in [0.15, 0.2) is 0 Å². The Labute approximate surface area is 148 Å². The maximum Gasteiger partial charge on any atom is 0.254 e. The molecule has 1 aliphatic heterocycles. The highest BCUT2D eigenvalue weighted by atomic mass is 16.3. The molecule has 25 heavy (non-hydrogen) atoms. The molecule has 132 valence electrons. The minimum Gasteiger partial charge on any atom is -0.466 e. The third-order valence-electron chi connectivity index (χ3n) is 4.55. The van der Waals surface area contributed by atoms with Crippen molar-refractivity contribution in [3.63, 3.8) is 0 Å². The van der Waals surface area contributed by atoms with Gasteiger partial charge in [-0.15, -0.1) is 0 Å². The number of piperidine rings is 1. The van der Waals surface area contributed by atoms with Gasteiger partial charge in [-0.25, -0.2) is 0 Å². The number of carbonyl (C=O) groups excluding carboxylic acids is 2. The van der Waals surface area contributed by atoms with E-state index in [4.69, 9.17) is 4.42 Å². The summed E-state index contributed by atoms with van der Waals surface area (Å²) in [5.74, 6) is 1.58. The van der Waals surface area contributed by atoms with Gasteiger partial charge in [-0.2, -0.15) is 0 Å². The van der Waals surface area contributed by atoms with E-state index in [1.165, 1.54) is 0 Å². The van der Waals surface area contributed by atoms with Crippen molar-refractivity contribution in [2.75, 3.05) is 13.1 Å². The number of benzene rings is 1. The van der Waals surface area contributed by atoms with Crippen LogP contribution in [0.3, 0.4) is 0 Å². The summed E-state index contributed by atoms with van der Waals surface area (Å²) in [5.41, 5.74) is 0.633. The standard InChI is InChI=1S/C20H24N2O3/c1-15-10-11-17(25-15)12-13-21-19(23)18-9-5-6-14-22(18)20(24)16-7-3-2-4-8-16/h2-4,7-8,10-11,18H,5-6,9,12-14H2,1H3,(H,21,23)/t18-/m0/s1. The number of rotatable bonds is 5. The molecule has 2 heterocycles. The highest BCUT2D eigenvalue weighted by molar-refractivity contribution is 5.97. The van der Waals surface area contributed by atoms with Crippen molar-refractivity contribution in [2.45, 2.75) is 38.6 Å². The molecular weight excluding hydrogens is 316 g/mol. The monoisotopic (exact) mass is 340 g/mol. The SMILES string of the molecule is Cc1ccc(CCNC(=O)[C@@H]2CCCCN2C(=O)c2ccccc2)o1. The van der Waals surface area contributed by atoms with E-state index in [1.54, 1.807) is 17.0 Å². The molecule has 1 atom stereocenters. The predicted octanol–water partition coefficient (Wildman–Crippen LogP) is 2.94. The van der Waals surface area contributed by atoms with Gasteiger partial charge in [-0.1, -0.05) is 18.2 Å². The van der Waals surface area contributed by atoms with Gasteiger partial charge in [0.1, 0.15) is 17.6 Å². The zero-order chi connectivity index (χ0) is 17.6. The topological polar surface area (TPSA) is 62.6 Å². The van der Waals surface area contributed by atoms with E-state index in [1.807, 2.05) is 37.3 Å². The highest BCUT2D eigenvalue weighted by Crippen LogP contribution is 2.20. The lowest BCUT2D eigenvalue weighted by atomic mass is 10.00. The van der Waals surface area contributed by atoms with E-state index >= 15 is 0 Å². The first-order valence-electron chi connectivity index (χ1n) is 8.84. The molecule has 0 spiro atoms. The molecule has 3 rings (SSSR count). The fourth-order valence-corrected chi connectivity index (χ4v) is 3.24. The van der Waals surface area contributed by atoms with Crippen LogP contribution in [-0.2, 0) is 11.2 Å². The first kappa shape index (κ1) is 17.3. The summed E-state index contributed by atoms with van der Waals surface area (Å²) in [7, 11) is 0. The van der Waals surface area contributed by atoms with Gasteiger partial charge in [-0.3, -0.25) is 9.59 Å². The van der Waals surface area contributed by atoms with Crippen LogP contribution in [-0.4, -0.2) is 35.8 Å². The van der Waals surface area contributed by atoms with Crippen LogP contribution >= 0.6 is 0 Å². The molecule has 1 fully saturated rings. The van der Waals surface area contributed by atoms with Gasteiger partial charge in [0.05, 0.1) is 0 Å².